The first-order chi connectivity index (χ1) is 9.77. The number of nitrogens with two attached hydrogens (primary N) is 1. The van der Waals surface area contributed by atoms with E-state index in [1.165, 1.54) is 38.9 Å². The van der Waals surface area contributed by atoms with Crippen molar-refractivity contribution in [1.82, 2.24) is 0 Å². The zero-order valence-electron chi connectivity index (χ0n) is 14.3. The maximum atomic E-state index is 6.54. The molecule has 0 fully saturated rings. The highest BCUT2D eigenvalue weighted by Gasteiger charge is 2.19. The average Bonchev–Trinajstić information content (AvgIpc) is 2.43. The van der Waals surface area contributed by atoms with Crippen LogP contribution in [0.25, 0.3) is 0 Å². The zero-order valence-corrected chi connectivity index (χ0v) is 14.3. The second kappa shape index (κ2) is 5.53. The van der Waals surface area contributed by atoms with Gasteiger partial charge in [-0.2, -0.15) is 0 Å². The molecule has 0 spiro atoms. The molecular formula is C19H26N2. The lowest BCUT2D eigenvalue weighted by Gasteiger charge is -2.29. The lowest BCUT2D eigenvalue weighted by atomic mass is 9.92. The van der Waals surface area contributed by atoms with Crippen molar-refractivity contribution in [3.63, 3.8) is 0 Å². The highest BCUT2D eigenvalue weighted by Crippen LogP contribution is 2.37. The first kappa shape index (κ1) is 15.6. The van der Waals surface area contributed by atoms with Crippen molar-refractivity contribution < 1.29 is 0 Å². The van der Waals surface area contributed by atoms with Crippen molar-refractivity contribution in [1.29, 1.82) is 0 Å². The third kappa shape index (κ3) is 2.44. The Morgan fingerprint density at radius 3 is 1.43 bits per heavy atom. The molecule has 0 heterocycles. The molecule has 0 aromatic heterocycles. The molecule has 2 nitrogen and oxygen atoms in total. The number of rotatable bonds is 2. The summed E-state index contributed by atoms with van der Waals surface area (Å²) < 4.78 is 0. The molecule has 2 heteroatoms. The summed E-state index contributed by atoms with van der Waals surface area (Å²) >= 11 is 0. The van der Waals surface area contributed by atoms with Crippen LogP contribution in [0, 0.1) is 48.5 Å². The molecule has 2 rings (SSSR count). The van der Waals surface area contributed by atoms with Gasteiger partial charge in [0.2, 0.25) is 0 Å². The van der Waals surface area contributed by atoms with E-state index < -0.39 is 0 Å². The van der Waals surface area contributed by atoms with Crippen LogP contribution in [0.2, 0.25) is 0 Å². The van der Waals surface area contributed by atoms with E-state index in [1.807, 2.05) is 5.01 Å². The van der Waals surface area contributed by atoms with Crippen LogP contribution < -0.4 is 10.9 Å². The lowest BCUT2D eigenvalue weighted by Crippen LogP contribution is -2.29. The quantitative estimate of drug-likeness (QED) is 0.629. The fraction of sp³-hybridized carbons (Fsp3) is 0.368. The van der Waals surface area contributed by atoms with E-state index in [0.29, 0.717) is 0 Å². The van der Waals surface area contributed by atoms with E-state index in [2.05, 4.69) is 66.7 Å². The van der Waals surface area contributed by atoms with Crippen molar-refractivity contribution in [3.8, 4) is 0 Å². The van der Waals surface area contributed by atoms with Gasteiger partial charge in [-0.25, -0.2) is 5.84 Å². The van der Waals surface area contributed by atoms with Crippen LogP contribution >= 0.6 is 0 Å². The second-order valence-corrected chi connectivity index (χ2v) is 6.08. The molecule has 112 valence electrons. The van der Waals surface area contributed by atoms with Crippen LogP contribution in [-0.2, 0) is 0 Å². The van der Waals surface area contributed by atoms with E-state index in [0.717, 1.165) is 11.4 Å². The van der Waals surface area contributed by atoms with Gasteiger partial charge in [0.1, 0.15) is 0 Å². The Morgan fingerprint density at radius 2 is 1.00 bits per heavy atom. The molecule has 0 bridgehead atoms. The minimum absolute atomic E-state index is 1.10. The van der Waals surface area contributed by atoms with Crippen molar-refractivity contribution in [2.45, 2.75) is 48.5 Å². The maximum Gasteiger partial charge on any atom is 0.0639 e. The van der Waals surface area contributed by atoms with Crippen LogP contribution in [0.1, 0.15) is 38.9 Å². The molecule has 0 aliphatic heterocycles. The summed E-state index contributed by atoms with van der Waals surface area (Å²) in [4.78, 5) is 0. The molecule has 2 N–H and O–H groups in total. The first-order valence-electron chi connectivity index (χ1n) is 7.45. The summed E-state index contributed by atoms with van der Waals surface area (Å²) in [5, 5.41) is 1.87. The Labute approximate surface area is 128 Å². The van der Waals surface area contributed by atoms with E-state index in [9.17, 15) is 0 Å². The summed E-state index contributed by atoms with van der Waals surface area (Å²) in [7, 11) is 0. The highest BCUT2D eigenvalue weighted by molar-refractivity contribution is 5.75. The molecule has 2 aromatic rings. The van der Waals surface area contributed by atoms with Crippen LogP contribution in [0.5, 0.6) is 0 Å². The molecule has 0 aliphatic carbocycles. The fourth-order valence-corrected chi connectivity index (χ4v) is 3.14. The van der Waals surface area contributed by atoms with Crippen molar-refractivity contribution >= 4 is 11.4 Å². The molecule has 0 aliphatic rings. The Hall–Kier alpha value is -1.80. The fourth-order valence-electron chi connectivity index (χ4n) is 3.14. The van der Waals surface area contributed by atoms with Crippen LogP contribution in [0.4, 0.5) is 11.4 Å². The third-order valence-electron chi connectivity index (χ3n) is 4.88. The van der Waals surface area contributed by atoms with E-state index in [4.69, 9.17) is 5.84 Å². The molecule has 0 radical (unpaired) electrons. The average molecular weight is 282 g/mol. The molecule has 0 atom stereocenters. The molecule has 0 saturated heterocycles. The molecule has 2 aromatic carbocycles. The zero-order chi connectivity index (χ0) is 15.9. The highest BCUT2D eigenvalue weighted by atomic mass is 15.4. The van der Waals surface area contributed by atoms with Gasteiger partial charge in [-0.05, 0) is 87.4 Å². The minimum atomic E-state index is 1.10. The van der Waals surface area contributed by atoms with Gasteiger partial charge in [0.05, 0.1) is 11.4 Å². The number of hydrogen-bond acceptors (Lipinski definition) is 2. The van der Waals surface area contributed by atoms with Gasteiger partial charge in [-0.3, -0.25) is 5.01 Å². The number of benzene rings is 2. The van der Waals surface area contributed by atoms with E-state index in [-0.39, 0.29) is 0 Å². The van der Waals surface area contributed by atoms with Gasteiger partial charge in [0, 0.05) is 0 Å². The van der Waals surface area contributed by atoms with Gasteiger partial charge in [0.15, 0.2) is 0 Å². The van der Waals surface area contributed by atoms with Crippen molar-refractivity contribution in [2.24, 2.45) is 5.84 Å². The predicted octanol–water partition coefficient (Wildman–Crippen LogP) is 4.86. The van der Waals surface area contributed by atoms with Gasteiger partial charge >= 0.3 is 0 Å². The predicted molar refractivity (Wildman–Crippen MR) is 92.4 cm³/mol. The smallest absolute Gasteiger partial charge is 0.0639 e. The Kier molecular flexibility index (Phi) is 4.11. The molecule has 0 saturated carbocycles. The number of para-hydroxylation sites is 1. The second-order valence-electron chi connectivity index (χ2n) is 6.08. The lowest BCUT2D eigenvalue weighted by molar-refractivity contribution is 1.02. The van der Waals surface area contributed by atoms with Gasteiger partial charge in [-0.1, -0.05) is 18.2 Å². The monoisotopic (exact) mass is 282 g/mol. The topological polar surface area (TPSA) is 29.3 Å². The largest absolute Gasteiger partial charge is 0.279 e. The Morgan fingerprint density at radius 1 is 0.619 bits per heavy atom. The van der Waals surface area contributed by atoms with Crippen molar-refractivity contribution in [2.75, 3.05) is 5.01 Å². The molecular weight excluding hydrogens is 256 g/mol. The Bertz CT molecular complexity index is 650. The Balaban J connectivity index is 2.73. The maximum absolute atomic E-state index is 6.54. The van der Waals surface area contributed by atoms with Gasteiger partial charge in [0.25, 0.3) is 0 Å². The summed E-state index contributed by atoms with van der Waals surface area (Å²) in [5.74, 6) is 6.54. The first-order valence-corrected chi connectivity index (χ1v) is 7.45. The van der Waals surface area contributed by atoms with Crippen molar-refractivity contribution in [3.05, 3.63) is 57.1 Å². The molecule has 0 amide bonds. The molecule has 21 heavy (non-hydrogen) atoms. The summed E-state index contributed by atoms with van der Waals surface area (Å²) in [6.07, 6.45) is 0. The number of hydrogen-bond donors (Lipinski definition) is 1. The minimum Gasteiger partial charge on any atom is -0.279 e. The van der Waals surface area contributed by atoms with Crippen LogP contribution in [0.15, 0.2) is 18.2 Å². The summed E-state index contributed by atoms with van der Waals surface area (Å²) in [6, 6.07) is 6.30. The third-order valence-corrected chi connectivity index (χ3v) is 4.88. The van der Waals surface area contributed by atoms with E-state index in [1.54, 1.807) is 0 Å². The number of aryl methyl sites for hydroxylation is 2. The SMILES string of the molecule is Cc1cccc(C)c1N(N)c1c(C)c(C)c(C)c(C)c1C. The standard InChI is InChI=1S/C19H26N2/c1-11-9-8-10-12(2)18(11)21(20)19-16(6)14(4)13(3)15(5)17(19)7/h8-10H,20H2,1-7H3. The van der Waals surface area contributed by atoms with Crippen LogP contribution in [-0.4, -0.2) is 0 Å². The van der Waals surface area contributed by atoms with E-state index >= 15 is 0 Å². The normalized spacial score (nSPS) is 10.9. The van der Waals surface area contributed by atoms with Crippen LogP contribution in [0.3, 0.4) is 0 Å². The number of hydrazine groups is 1. The molecule has 0 unspecified atom stereocenters. The van der Waals surface area contributed by atoms with Gasteiger partial charge < -0.3 is 0 Å². The number of anilines is 2. The summed E-state index contributed by atoms with van der Waals surface area (Å²) in [5.41, 5.74) is 11.2. The van der Waals surface area contributed by atoms with Gasteiger partial charge in [-0.15, -0.1) is 0 Å². The summed E-state index contributed by atoms with van der Waals surface area (Å²) in [6.45, 7) is 15.1. The number of nitrogens with zero attached hydrogens (tertiary/aromatic N) is 1.